The van der Waals surface area contributed by atoms with Crippen molar-refractivity contribution in [2.24, 2.45) is 0 Å². The number of anilines is 1. The lowest BCUT2D eigenvalue weighted by Gasteiger charge is -2.39. The Morgan fingerprint density at radius 3 is 2.79 bits per heavy atom. The fourth-order valence-corrected chi connectivity index (χ4v) is 3.90. The molecule has 2 heterocycles. The van der Waals surface area contributed by atoms with E-state index >= 15 is 0 Å². The number of hydrogen-bond acceptors (Lipinski definition) is 7. The molecule has 1 fully saturated rings. The van der Waals surface area contributed by atoms with Gasteiger partial charge in [0.05, 0.1) is 0 Å². The zero-order valence-corrected chi connectivity index (χ0v) is 15.5. The van der Waals surface area contributed by atoms with Gasteiger partial charge in [-0.15, -0.1) is 16.8 Å². The van der Waals surface area contributed by atoms with Crippen LogP contribution in [0.25, 0.3) is 0 Å². The van der Waals surface area contributed by atoms with Gasteiger partial charge in [0.15, 0.2) is 0 Å². The molecule has 0 bridgehead atoms. The smallest absolute Gasteiger partial charge is 0.328 e. The summed E-state index contributed by atoms with van der Waals surface area (Å²) in [4.78, 5) is 15.7. The third-order valence-electron chi connectivity index (χ3n) is 3.49. The number of nitrogens with zero attached hydrogens (tertiary/aromatic N) is 4. The largest absolute Gasteiger partial charge is 0.358 e. The van der Waals surface area contributed by atoms with Gasteiger partial charge < -0.3 is 9.64 Å². The fraction of sp³-hybridized carbons (Fsp3) is 0.643. The summed E-state index contributed by atoms with van der Waals surface area (Å²) in [6.45, 7) is 7.21. The van der Waals surface area contributed by atoms with Crippen LogP contribution in [0.1, 0.15) is 26.2 Å². The molecule has 8 nitrogen and oxygen atoms in total. The molecule has 1 atom stereocenters. The minimum absolute atomic E-state index is 0.113. The first-order valence-electron chi connectivity index (χ1n) is 7.72. The molecule has 0 saturated carbocycles. The van der Waals surface area contributed by atoms with Gasteiger partial charge in [-0.2, -0.15) is 0 Å². The van der Waals surface area contributed by atoms with Gasteiger partial charge in [0.2, 0.25) is 19.3 Å². The van der Waals surface area contributed by atoms with Gasteiger partial charge in [0.25, 0.3) is 0 Å². The Balaban J connectivity index is 2.27. The topological polar surface area (TPSA) is 92.7 Å². The summed E-state index contributed by atoms with van der Waals surface area (Å²) in [6.07, 6.45) is 4.73. The molecule has 1 aromatic rings. The first-order valence-corrected chi connectivity index (χ1v) is 10.4. The van der Waals surface area contributed by atoms with E-state index in [4.69, 9.17) is 4.74 Å². The highest BCUT2D eigenvalue weighted by atomic mass is 32.2. The van der Waals surface area contributed by atoms with Crippen molar-refractivity contribution in [3.63, 3.8) is 0 Å². The summed E-state index contributed by atoms with van der Waals surface area (Å²) in [7, 11) is -3.46. The lowest BCUT2D eigenvalue weighted by molar-refractivity contribution is 0.0287. The monoisotopic (exact) mass is 374 g/mol. The van der Waals surface area contributed by atoms with Crippen molar-refractivity contribution in [3.05, 3.63) is 12.7 Å². The Hall–Kier alpha value is -1.52. The molecular weight excluding hydrogens is 352 g/mol. The van der Waals surface area contributed by atoms with E-state index in [0.717, 1.165) is 30.4 Å². The fourth-order valence-electron chi connectivity index (χ4n) is 2.27. The van der Waals surface area contributed by atoms with E-state index < -0.39 is 16.1 Å². The minimum Gasteiger partial charge on any atom is -0.358 e. The maximum atomic E-state index is 12.7. The molecule has 0 spiro atoms. The molecule has 1 unspecified atom stereocenters. The van der Waals surface area contributed by atoms with E-state index in [1.807, 2.05) is 0 Å². The highest BCUT2D eigenvalue weighted by Crippen LogP contribution is 2.30. The molecule has 0 aliphatic carbocycles. The lowest BCUT2D eigenvalue weighted by Crippen LogP contribution is -2.55. The zero-order chi connectivity index (χ0) is 17.7. The Kier molecular flexibility index (Phi) is 6.30. The van der Waals surface area contributed by atoms with Crippen molar-refractivity contribution in [1.82, 2.24) is 15.1 Å². The summed E-state index contributed by atoms with van der Waals surface area (Å²) in [5.74, 6) is 0. The quantitative estimate of drug-likeness (QED) is 0.392. The van der Waals surface area contributed by atoms with Crippen LogP contribution in [0.2, 0.25) is 0 Å². The number of unbranched alkanes of at least 4 members (excludes halogenated alkanes) is 1. The number of ether oxygens (including phenoxy) is 1. The summed E-state index contributed by atoms with van der Waals surface area (Å²) in [5.41, 5.74) is 0. The molecule has 24 heavy (non-hydrogen) atoms. The first-order chi connectivity index (χ1) is 11.4. The molecule has 0 aromatic carbocycles. The van der Waals surface area contributed by atoms with Crippen LogP contribution in [0.3, 0.4) is 0 Å². The van der Waals surface area contributed by atoms with Crippen molar-refractivity contribution < 1.29 is 17.9 Å². The second kappa shape index (κ2) is 8.04. The Morgan fingerprint density at radius 2 is 2.21 bits per heavy atom. The van der Waals surface area contributed by atoms with Gasteiger partial charge in [0.1, 0.15) is 6.23 Å². The highest BCUT2D eigenvalue weighted by Gasteiger charge is 2.37. The number of hydrogen-bond donors (Lipinski definition) is 0. The summed E-state index contributed by atoms with van der Waals surface area (Å²) in [5, 5.41) is 7.82. The maximum Gasteiger partial charge on any atom is 0.328 e. The standard InChI is InChI=1S/C14H22N4O4S2/c1-4-6-10-22-11-7-9-17(8-5-2)14(19)18(11)12-15-16-13(23-12)24(3,20)21/h5,11H,2,4,6-10H2,1,3H3. The van der Waals surface area contributed by atoms with Crippen molar-refractivity contribution in [3.8, 4) is 0 Å². The second-order valence-electron chi connectivity index (χ2n) is 5.48. The lowest BCUT2D eigenvalue weighted by atomic mass is 10.2. The van der Waals surface area contributed by atoms with Crippen molar-refractivity contribution in [1.29, 1.82) is 0 Å². The van der Waals surface area contributed by atoms with Gasteiger partial charge in [-0.1, -0.05) is 30.8 Å². The molecule has 0 N–H and O–H groups in total. The van der Waals surface area contributed by atoms with Crippen molar-refractivity contribution in [2.75, 3.05) is 30.9 Å². The molecule has 10 heteroatoms. The normalized spacial score (nSPS) is 18.9. The Bertz CT molecular complexity index is 689. The molecule has 1 aliphatic heterocycles. The van der Waals surface area contributed by atoms with Crippen molar-refractivity contribution in [2.45, 2.75) is 36.8 Å². The van der Waals surface area contributed by atoms with Crippen LogP contribution >= 0.6 is 11.3 Å². The van der Waals surface area contributed by atoms with Crippen LogP contribution in [-0.4, -0.2) is 61.7 Å². The van der Waals surface area contributed by atoms with Crippen LogP contribution in [0, 0.1) is 0 Å². The van der Waals surface area contributed by atoms with E-state index in [1.54, 1.807) is 11.0 Å². The van der Waals surface area contributed by atoms with Gasteiger partial charge in [-0.3, -0.25) is 0 Å². The van der Waals surface area contributed by atoms with Crippen LogP contribution < -0.4 is 4.90 Å². The first kappa shape index (κ1) is 18.8. The number of carbonyl (C=O) groups is 1. The molecule has 1 aromatic heterocycles. The van der Waals surface area contributed by atoms with E-state index in [0.29, 0.717) is 26.1 Å². The van der Waals surface area contributed by atoms with Crippen molar-refractivity contribution >= 4 is 32.3 Å². The SMILES string of the molecule is C=CCN1CCC(OCCCC)N(c2nnc(S(C)(=O)=O)s2)C1=O. The number of amides is 2. The van der Waals surface area contributed by atoms with E-state index in [2.05, 4.69) is 23.7 Å². The number of sulfone groups is 1. The predicted molar refractivity (Wildman–Crippen MR) is 91.9 cm³/mol. The van der Waals surface area contributed by atoms with Gasteiger partial charge in [-0.25, -0.2) is 18.1 Å². The van der Waals surface area contributed by atoms with E-state index in [1.165, 1.54) is 4.90 Å². The molecule has 134 valence electrons. The molecule has 1 aliphatic rings. The molecule has 0 radical (unpaired) electrons. The molecular formula is C14H22N4O4S2. The number of aromatic nitrogens is 2. The maximum absolute atomic E-state index is 12.7. The number of rotatable bonds is 8. The van der Waals surface area contributed by atoms with Gasteiger partial charge in [-0.05, 0) is 6.42 Å². The predicted octanol–water partition coefficient (Wildman–Crippen LogP) is 1.90. The van der Waals surface area contributed by atoms with E-state index in [9.17, 15) is 13.2 Å². The van der Waals surface area contributed by atoms with Crippen LogP contribution in [0.4, 0.5) is 9.93 Å². The Labute approximate surface area is 146 Å². The summed E-state index contributed by atoms with van der Waals surface area (Å²) < 4.78 is 29.0. The third kappa shape index (κ3) is 4.31. The summed E-state index contributed by atoms with van der Waals surface area (Å²) >= 11 is 0.876. The average molecular weight is 374 g/mol. The second-order valence-corrected chi connectivity index (χ2v) is 8.62. The zero-order valence-electron chi connectivity index (χ0n) is 13.8. The van der Waals surface area contributed by atoms with Crippen LogP contribution in [0.5, 0.6) is 0 Å². The van der Waals surface area contributed by atoms with Gasteiger partial charge in [0, 0.05) is 32.4 Å². The summed E-state index contributed by atoms with van der Waals surface area (Å²) in [6, 6.07) is -0.279. The third-order valence-corrected chi connectivity index (χ3v) is 6.08. The Morgan fingerprint density at radius 1 is 1.46 bits per heavy atom. The van der Waals surface area contributed by atoms with E-state index in [-0.39, 0.29) is 15.5 Å². The highest BCUT2D eigenvalue weighted by molar-refractivity contribution is 7.92. The molecule has 2 rings (SSSR count). The van der Waals surface area contributed by atoms with Gasteiger partial charge >= 0.3 is 6.03 Å². The minimum atomic E-state index is -3.46. The number of carbonyl (C=O) groups excluding carboxylic acids is 1. The molecule has 2 amide bonds. The van der Waals surface area contributed by atoms with Crippen LogP contribution in [0.15, 0.2) is 17.0 Å². The number of urea groups is 1. The average Bonchev–Trinajstić information content (AvgIpc) is 3.00. The van der Waals surface area contributed by atoms with Crippen LogP contribution in [-0.2, 0) is 14.6 Å². The molecule has 1 saturated heterocycles.